The number of rotatable bonds is 0. The molecule has 1 aromatic rings. The van der Waals surface area contributed by atoms with Crippen LogP contribution in [0.5, 0.6) is 0 Å². The van der Waals surface area contributed by atoms with Crippen LogP contribution in [0.3, 0.4) is 0 Å². The maximum absolute atomic E-state index is 12.2. The Bertz CT molecular complexity index is 435. The number of ketones is 1. The molecule has 0 heterocycles. The molecule has 2 aliphatic carbocycles. The summed E-state index contributed by atoms with van der Waals surface area (Å²) in [5.74, 6) is 0.983. The zero-order valence-corrected chi connectivity index (χ0v) is 9.83. The molecular weight excluding hydrogens is 196 g/mol. The van der Waals surface area contributed by atoms with E-state index >= 15 is 0 Å². The lowest BCUT2D eigenvalue weighted by molar-refractivity contribution is -0.132. The quantitative estimate of drug-likeness (QED) is 0.646. The second-order valence-corrected chi connectivity index (χ2v) is 5.48. The summed E-state index contributed by atoms with van der Waals surface area (Å²) in [5.41, 5.74) is 2.86. The van der Waals surface area contributed by atoms with Gasteiger partial charge < -0.3 is 0 Å². The minimum Gasteiger partial charge on any atom is -0.299 e. The summed E-state index contributed by atoms with van der Waals surface area (Å²) in [7, 11) is 0. The molecule has 0 saturated heterocycles. The first-order valence-corrected chi connectivity index (χ1v) is 6.33. The van der Waals surface area contributed by atoms with E-state index < -0.39 is 0 Å². The topological polar surface area (TPSA) is 17.1 Å². The van der Waals surface area contributed by atoms with E-state index in [1.54, 1.807) is 0 Å². The summed E-state index contributed by atoms with van der Waals surface area (Å²) < 4.78 is 0. The number of hydrogen-bond acceptors (Lipinski definition) is 1. The summed E-state index contributed by atoms with van der Waals surface area (Å²) >= 11 is 0. The number of benzene rings is 1. The van der Waals surface area contributed by atoms with Crippen molar-refractivity contribution < 1.29 is 4.79 Å². The standard InChI is InChI=1S/C15H18O/c1-15-10-9-11-5-2-3-6-12(11)13(15)7-4-8-14(15)16/h2-3,5-6,13H,4,7-10H2,1H3/t13-,15-/m0/s1. The fraction of sp³-hybridized carbons (Fsp3) is 0.533. The molecule has 0 spiro atoms. The van der Waals surface area contributed by atoms with E-state index in [2.05, 4.69) is 31.2 Å². The van der Waals surface area contributed by atoms with Gasteiger partial charge in [0.1, 0.15) is 5.78 Å². The Balaban J connectivity index is 2.09. The van der Waals surface area contributed by atoms with Gasteiger partial charge >= 0.3 is 0 Å². The van der Waals surface area contributed by atoms with E-state index in [9.17, 15) is 4.79 Å². The van der Waals surface area contributed by atoms with Gasteiger partial charge in [0.2, 0.25) is 0 Å². The average molecular weight is 214 g/mol. The fourth-order valence-electron chi connectivity index (χ4n) is 3.57. The summed E-state index contributed by atoms with van der Waals surface area (Å²) in [6.07, 6.45) is 5.20. The van der Waals surface area contributed by atoms with Crippen molar-refractivity contribution in [1.82, 2.24) is 0 Å². The maximum Gasteiger partial charge on any atom is 0.139 e. The lowest BCUT2D eigenvalue weighted by Crippen LogP contribution is -2.41. The molecule has 0 radical (unpaired) electrons. The van der Waals surface area contributed by atoms with E-state index in [0.717, 1.165) is 25.7 Å². The first-order valence-electron chi connectivity index (χ1n) is 6.33. The fourth-order valence-corrected chi connectivity index (χ4v) is 3.57. The van der Waals surface area contributed by atoms with Crippen LogP contribution in [0.4, 0.5) is 0 Å². The molecule has 0 amide bonds. The molecule has 0 aliphatic heterocycles. The third-order valence-corrected chi connectivity index (χ3v) is 4.65. The molecule has 84 valence electrons. The third kappa shape index (κ3) is 1.27. The molecule has 1 heteroatoms. The largest absolute Gasteiger partial charge is 0.299 e. The van der Waals surface area contributed by atoms with Crippen LogP contribution in [0.25, 0.3) is 0 Å². The third-order valence-electron chi connectivity index (χ3n) is 4.65. The smallest absolute Gasteiger partial charge is 0.139 e. The first-order chi connectivity index (χ1) is 7.72. The zero-order chi connectivity index (χ0) is 11.2. The van der Waals surface area contributed by atoms with Crippen molar-refractivity contribution in [1.29, 1.82) is 0 Å². The van der Waals surface area contributed by atoms with Gasteiger partial charge in [-0.25, -0.2) is 0 Å². The van der Waals surface area contributed by atoms with Crippen LogP contribution in [0, 0.1) is 5.41 Å². The Morgan fingerprint density at radius 3 is 2.94 bits per heavy atom. The Labute approximate surface area is 96.9 Å². The Morgan fingerprint density at radius 2 is 2.06 bits per heavy atom. The summed E-state index contributed by atoms with van der Waals surface area (Å²) in [6, 6.07) is 8.69. The Hall–Kier alpha value is -1.11. The van der Waals surface area contributed by atoms with Gasteiger partial charge in [0.05, 0.1) is 0 Å². The van der Waals surface area contributed by atoms with E-state index in [1.165, 1.54) is 17.5 Å². The maximum atomic E-state index is 12.2. The second kappa shape index (κ2) is 3.44. The minimum atomic E-state index is -0.0629. The van der Waals surface area contributed by atoms with E-state index in [1.807, 2.05) is 0 Å². The summed E-state index contributed by atoms with van der Waals surface area (Å²) in [6.45, 7) is 2.19. The van der Waals surface area contributed by atoms with Gasteiger partial charge in [0, 0.05) is 11.8 Å². The average Bonchev–Trinajstić information content (AvgIpc) is 2.31. The molecule has 1 aromatic carbocycles. The molecule has 0 unspecified atom stereocenters. The molecule has 0 aromatic heterocycles. The molecule has 3 rings (SSSR count). The predicted octanol–water partition coefficient (Wildman–Crippen LogP) is 3.48. The molecule has 2 atom stereocenters. The van der Waals surface area contributed by atoms with Crippen molar-refractivity contribution in [2.45, 2.75) is 44.9 Å². The number of carbonyl (C=O) groups is 1. The van der Waals surface area contributed by atoms with Crippen molar-refractivity contribution in [2.24, 2.45) is 5.41 Å². The summed E-state index contributed by atoms with van der Waals surface area (Å²) in [4.78, 5) is 12.2. The van der Waals surface area contributed by atoms with Crippen molar-refractivity contribution in [3.05, 3.63) is 35.4 Å². The lowest BCUT2D eigenvalue weighted by Gasteiger charge is -2.44. The van der Waals surface area contributed by atoms with Crippen molar-refractivity contribution >= 4 is 5.78 Å². The molecule has 16 heavy (non-hydrogen) atoms. The van der Waals surface area contributed by atoms with Crippen LogP contribution >= 0.6 is 0 Å². The van der Waals surface area contributed by atoms with Gasteiger partial charge in [-0.05, 0) is 42.7 Å². The first kappa shape index (κ1) is 10.1. The number of hydrogen-bond donors (Lipinski definition) is 0. The molecule has 0 N–H and O–H groups in total. The molecule has 1 fully saturated rings. The van der Waals surface area contributed by atoms with Gasteiger partial charge in [-0.2, -0.15) is 0 Å². The van der Waals surface area contributed by atoms with E-state index in [4.69, 9.17) is 0 Å². The van der Waals surface area contributed by atoms with Crippen LogP contribution in [0.2, 0.25) is 0 Å². The highest BCUT2D eigenvalue weighted by Crippen LogP contribution is 2.51. The van der Waals surface area contributed by atoms with Crippen molar-refractivity contribution in [3.8, 4) is 0 Å². The second-order valence-electron chi connectivity index (χ2n) is 5.48. The van der Waals surface area contributed by atoms with E-state index in [-0.39, 0.29) is 5.41 Å². The lowest BCUT2D eigenvalue weighted by atomic mass is 9.58. The molecule has 1 nitrogen and oxygen atoms in total. The zero-order valence-electron chi connectivity index (χ0n) is 9.83. The van der Waals surface area contributed by atoms with Crippen LogP contribution < -0.4 is 0 Å². The van der Waals surface area contributed by atoms with Gasteiger partial charge in [-0.15, -0.1) is 0 Å². The van der Waals surface area contributed by atoms with Gasteiger partial charge in [0.15, 0.2) is 0 Å². The normalized spacial score (nSPS) is 33.1. The van der Waals surface area contributed by atoms with Crippen LogP contribution in [-0.4, -0.2) is 5.78 Å². The van der Waals surface area contributed by atoms with E-state index in [0.29, 0.717) is 11.7 Å². The molecular formula is C15H18O. The number of fused-ring (bicyclic) bond motifs is 3. The van der Waals surface area contributed by atoms with Crippen LogP contribution in [0.15, 0.2) is 24.3 Å². The predicted molar refractivity (Wildman–Crippen MR) is 64.5 cm³/mol. The van der Waals surface area contributed by atoms with Gasteiger partial charge in [-0.1, -0.05) is 31.2 Å². The van der Waals surface area contributed by atoms with Gasteiger partial charge in [0.25, 0.3) is 0 Å². The highest BCUT2D eigenvalue weighted by molar-refractivity contribution is 5.86. The minimum absolute atomic E-state index is 0.0629. The highest BCUT2D eigenvalue weighted by Gasteiger charge is 2.46. The highest BCUT2D eigenvalue weighted by atomic mass is 16.1. The van der Waals surface area contributed by atoms with Crippen LogP contribution in [-0.2, 0) is 11.2 Å². The molecule has 1 saturated carbocycles. The number of aryl methyl sites for hydroxylation is 1. The number of carbonyl (C=O) groups excluding carboxylic acids is 1. The van der Waals surface area contributed by atoms with Crippen molar-refractivity contribution in [3.63, 3.8) is 0 Å². The monoisotopic (exact) mass is 214 g/mol. The Morgan fingerprint density at radius 1 is 1.25 bits per heavy atom. The summed E-state index contributed by atoms with van der Waals surface area (Å²) in [5, 5.41) is 0. The number of Topliss-reactive ketones (excluding diaryl/α,β-unsaturated/α-hetero) is 1. The Kier molecular flexibility index (Phi) is 2.17. The SMILES string of the molecule is C[C@]12CCc3ccccc3[C@@H]1CCCC2=O. The molecule has 0 bridgehead atoms. The van der Waals surface area contributed by atoms with Crippen LogP contribution in [0.1, 0.15) is 49.7 Å². The van der Waals surface area contributed by atoms with Crippen molar-refractivity contribution in [2.75, 3.05) is 0 Å². The molecule has 2 aliphatic rings. The van der Waals surface area contributed by atoms with Gasteiger partial charge in [-0.3, -0.25) is 4.79 Å².